The van der Waals surface area contributed by atoms with Gasteiger partial charge in [-0.05, 0) is 19.5 Å². The summed E-state index contributed by atoms with van der Waals surface area (Å²) in [6.45, 7) is 13.0. The van der Waals surface area contributed by atoms with Crippen LogP contribution in [0.25, 0.3) is 0 Å². The minimum absolute atomic E-state index is 0. The van der Waals surface area contributed by atoms with Gasteiger partial charge in [-0.25, -0.2) is 0 Å². The average molecular weight is 524 g/mol. The van der Waals surface area contributed by atoms with Crippen LogP contribution in [0, 0.1) is 0 Å². The van der Waals surface area contributed by atoms with Crippen LogP contribution in [0.3, 0.4) is 0 Å². The maximum absolute atomic E-state index is 2.66. The highest BCUT2D eigenvalue weighted by Gasteiger charge is 2.25. The maximum atomic E-state index is 2.66. The molecule has 2 saturated heterocycles. The van der Waals surface area contributed by atoms with Gasteiger partial charge in [0.25, 0.3) is 0 Å². The van der Waals surface area contributed by atoms with Crippen molar-refractivity contribution in [2.24, 2.45) is 0 Å². The van der Waals surface area contributed by atoms with Crippen LogP contribution in [-0.4, -0.2) is 112 Å². The van der Waals surface area contributed by atoms with Gasteiger partial charge in [-0.15, -0.1) is 0 Å². The van der Waals surface area contributed by atoms with Crippen molar-refractivity contribution in [1.29, 1.82) is 0 Å². The molecule has 21 heavy (non-hydrogen) atoms. The Bertz CT molecular complexity index is 249. The smallest absolute Gasteiger partial charge is 0.0912 e. The van der Waals surface area contributed by atoms with Gasteiger partial charge in [0, 0.05) is 26.2 Å². The molecule has 2 heterocycles. The van der Waals surface area contributed by atoms with E-state index < -0.39 is 0 Å². The van der Waals surface area contributed by atoms with Crippen molar-refractivity contribution < 1.29 is 56.9 Å². The lowest BCUT2D eigenvalue weighted by Crippen LogP contribution is -3.00. The molecule has 0 saturated carbocycles. The van der Waals surface area contributed by atoms with E-state index >= 15 is 0 Å². The maximum Gasteiger partial charge on any atom is 0.0912 e. The number of halogens is 2. The topological polar surface area (TPSA) is 6.48 Å². The summed E-state index contributed by atoms with van der Waals surface area (Å²) < 4.78 is 2.41. The number of piperazine rings is 2. The fourth-order valence-electron chi connectivity index (χ4n) is 3.06. The molecule has 0 aliphatic carbocycles. The molecule has 0 N–H and O–H groups in total. The third kappa shape index (κ3) is 8.10. The zero-order valence-corrected chi connectivity index (χ0v) is 18.6. The summed E-state index contributed by atoms with van der Waals surface area (Å²) in [5.41, 5.74) is 0. The summed E-state index contributed by atoms with van der Waals surface area (Å²) >= 11 is 0. The number of quaternary nitrogens is 2. The number of hydrogen-bond acceptors (Lipinski definition) is 2. The molecule has 2 fully saturated rings. The van der Waals surface area contributed by atoms with Gasteiger partial charge < -0.3 is 56.9 Å². The van der Waals surface area contributed by atoms with E-state index in [2.05, 4.69) is 38.0 Å². The summed E-state index contributed by atoms with van der Waals surface area (Å²) in [5, 5.41) is 0. The Kier molecular flexibility index (Phi) is 10.2. The summed E-state index contributed by atoms with van der Waals surface area (Å²) in [7, 11) is 9.41. The van der Waals surface area contributed by atoms with Gasteiger partial charge in [-0.1, -0.05) is 0 Å². The van der Waals surface area contributed by atoms with Crippen molar-refractivity contribution in [3.8, 4) is 0 Å². The van der Waals surface area contributed by atoms with E-state index in [0.717, 1.165) is 0 Å². The highest BCUT2D eigenvalue weighted by atomic mass is 127. The SMILES string of the molecule is C[N+]1(C)CCN(CCCN2CC[N+](C)(C)CC2)CC1.[I-].[I-]. The van der Waals surface area contributed by atoms with Gasteiger partial charge in [-0.2, -0.15) is 0 Å². The molecule has 0 aromatic rings. The quantitative estimate of drug-likeness (QED) is 0.268. The predicted octanol–water partition coefficient (Wildman–Crippen LogP) is -5.83. The lowest BCUT2D eigenvalue weighted by atomic mass is 10.2. The Morgan fingerprint density at radius 1 is 0.619 bits per heavy atom. The molecule has 0 bridgehead atoms. The van der Waals surface area contributed by atoms with Gasteiger partial charge in [-0.3, -0.25) is 9.80 Å². The molecular weight excluding hydrogens is 490 g/mol. The lowest BCUT2D eigenvalue weighted by molar-refractivity contribution is -0.894. The van der Waals surface area contributed by atoms with Crippen LogP contribution >= 0.6 is 0 Å². The van der Waals surface area contributed by atoms with Gasteiger partial charge in [0.1, 0.15) is 0 Å². The van der Waals surface area contributed by atoms with Crippen molar-refractivity contribution in [2.75, 3.05) is 93.6 Å². The fourth-order valence-corrected chi connectivity index (χ4v) is 3.06. The Morgan fingerprint density at radius 3 is 1.19 bits per heavy atom. The predicted molar refractivity (Wildman–Crippen MR) is 81.2 cm³/mol. The zero-order valence-electron chi connectivity index (χ0n) is 14.3. The molecule has 0 radical (unpaired) electrons. The lowest BCUT2D eigenvalue weighted by Gasteiger charge is -2.40. The molecular formula is C15H34I2N4. The van der Waals surface area contributed by atoms with Crippen LogP contribution in [0.15, 0.2) is 0 Å². The first-order valence-electron chi connectivity index (χ1n) is 7.95. The van der Waals surface area contributed by atoms with Crippen molar-refractivity contribution >= 4 is 0 Å². The van der Waals surface area contributed by atoms with Crippen molar-refractivity contribution in [2.45, 2.75) is 6.42 Å². The molecule has 6 heteroatoms. The van der Waals surface area contributed by atoms with Crippen molar-refractivity contribution in [3.05, 3.63) is 0 Å². The van der Waals surface area contributed by atoms with E-state index in [0.29, 0.717) is 0 Å². The van der Waals surface area contributed by atoms with E-state index in [9.17, 15) is 0 Å². The largest absolute Gasteiger partial charge is 1.00 e. The van der Waals surface area contributed by atoms with Gasteiger partial charge in [0.15, 0.2) is 0 Å². The van der Waals surface area contributed by atoms with Crippen LogP contribution in [0.2, 0.25) is 0 Å². The van der Waals surface area contributed by atoms with Gasteiger partial charge >= 0.3 is 0 Å². The molecule has 0 spiro atoms. The van der Waals surface area contributed by atoms with Crippen molar-refractivity contribution in [3.63, 3.8) is 0 Å². The average Bonchev–Trinajstić information content (AvgIpc) is 2.33. The Hall–Kier alpha value is 1.30. The number of rotatable bonds is 4. The first-order valence-corrected chi connectivity index (χ1v) is 7.95. The standard InChI is InChI=1S/C15H34N4.2HI/c1-18(2)12-8-16(9-13-18)6-5-7-17-10-14-19(3,4)15-11-17;;/h5-15H2,1-4H3;2*1H/q+2;;/p-2. The molecule has 0 unspecified atom stereocenters. The highest BCUT2D eigenvalue weighted by molar-refractivity contribution is 4.66. The van der Waals surface area contributed by atoms with E-state index in [1.165, 1.54) is 80.8 Å². The van der Waals surface area contributed by atoms with Crippen LogP contribution in [0.1, 0.15) is 6.42 Å². The second kappa shape index (κ2) is 9.56. The van der Waals surface area contributed by atoms with Gasteiger partial charge in [0.05, 0.1) is 54.4 Å². The molecule has 4 nitrogen and oxygen atoms in total. The van der Waals surface area contributed by atoms with Crippen LogP contribution in [0.5, 0.6) is 0 Å². The molecule has 0 aromatic carbocycles. The molecule has 2 aliphatic heterocycles. The van der Waals surface area contributed by atoms with E-state index in [1.54, 1.807) is 0 Å². The Balaban J connectivity index is 0.00000200. The molecule has 0 aromatic heterocycles. The van der Waals surface area contributed by atoms with E-state index in [4.69, 9.17) is 0 Å². The molecule has 0 atom stereocenters. The van der Waals surface area contributed by atoms with Crippen LogP contribution in [0.4, 0.5) is 0 Å². The zero-order chi connectivity index (χ0) is 13.9. The van der Waals surface area contributed by atoms with E-state index in [1.807, 2.05) is 0 Å². The second-order valence-corrected chi connectivity index (χ2v) is 7.80. The fraction of sp³-hybridized carbons (Fsp3) is 1.00. The first-order chi connectivity index (χ1) is 8.86. The minimum atomic E-state index is 0. The molecule has 2 rings (SSSR count). The first kappa shape index (κ1) is 22.3. The van der Waals surface area contributed by atoms with Crippen LogP contribution in [-0.2, 0) is 0 Å². The minimum Gasteiger partial charge on any atom is -1.00 e. The second-order valence-electron chi connectivity index (χ2n) is 7.80. The monoisotopic (exact) mass is 524 g/mol. The summed E-state index contributed by atoms with van der Waals surface area (Å²) in [4.78, 5) is 5.32. The Labute approximate surface area is 166 Å². The highest BCUT2D eigenvalue weighted by Crippen LogP contribution is 2.09. The van der Waals surface area contributed by atoms with Gasteiger partial charge in [0.2, 0.25) is 0 Å². The molecule has 0 amide bonds. The number of hydrogen-bond donors (Lipinski definition) is 0. The number of likely N-dealkylation sites (N-methyl/N-ethyl adjacent to an activating group) is 2. The third-order valence-electron chi connectivity index (χ3n) is 5.03. The Morgan fingerprint density at radius 2 is 0.905 bits per heavy atom. The normalized spacial score (nSPS) is 25.7. The third-order valence-corrected chi connectivity index (χ3v) is 5.03. The summed E-state index contributed by atoms with van der Waals surface area (Å²) in [5.74, 6) is 0. The van der Waals surface area contributed by atoms with Crippen LogP contribution < -0.4 is 48.0 Å². The molecule has 2 aliphatic rings. The summed E-state index contributed by atoms with van der Waals surface area (Å²) in [6, 6.07) is 0. The number of nitrogens with zero attached hydrogens (tertiary/aromatic N) is 4. The van der Waals surface area contributed by atoms with E-state index in [-0.39, 0.29) is 48.0 Å². The summed E-state index contributed by atoms with van der Waals surface area (Å²) in [6.07, 6.45) is 1.35. The molecule has 128 valence electrons. The van der Waals surface area contributed by atoms with Crippen molar-refractivity contribution in [1.82, 2.24) is 9.80 Å².